The van der Waals surface area contributed by atoms with Crippen LogP contribution in [0.5, 0.6) is 0 Å². The van der Waals surface area contributed by atoms with Gasteiger partial charge in [0.15, 0.2) is 5.13 Å². The lowest BCUT2D eigenvalue weighted by Gasteiger charge is -2.20. The number of nitrogens with two attached hydrogens (primary N) is 2. The van der Waals surface area contributed by atoms with E-state index in [4.69, 9.17) is 16.3 Å². The van der Waals surface area contributed by atoms with Crippen molar-refractivity contribution in [2.24, 2.45) is 10.9 Å². The van der Waals surface area contributed by atoms with Crippen LogP contribution in [-0.2, 0) is 6.42 Å². The highest BCUT2D eigenvalue weighted by molar-refractivity contribution is 7.97. The molecular formula is C21H18F3N5OS2. The molecule has 1 amide bonds. The number of hydrogen-bond acceptors (Lipinski definition) is 7. The van der Waals surface area contributed by atoms with Gasteiger partial charge in [-0.3, -0.25) is 15.3 Å². The fourth-order valence-electron chi connectivity index (χ4n) is 2.84. The van der Waals surface area contributed by atoms with Crippen LogP contribution in [0, 0.1) is 5.41 Å². The Labute approximate surface area is 190 Å². The molecule has 6 nitrogen and oxygen atoms in total. The summed E-state index contributed by atoms with van der Waals surface area (Å²) < 4.78 is 42.5. The average Bonchev–Trinajstić information content (AvgIpc) is 3.25. The zero-order valence-corrected chi connectivity index (χ0v) is 18.1. The van der Waals surface area contributed by atoms with E-state index in [1.54, 1.807) is 54.6 Å². The molecule has 1 aromatic heterocycles. The normalized spacial score (nSPS) is 12.2. The second-order valence-electron chi connectivity index (χ2n) is 6.56. The van der Waals surface area contributed by atoms with Gasteiger partial charge in [0, 0.05) is 22.3 Å². The van der Waals surface area contributed by atoms with Crippen LogP contribution in [0.1, 0.15) is 21.6 Å². The standard InChI is InChI=1S/C21H18F3N5OS2/c22-21(23,24)18(29-20-28-16(11-31-20)19(26)30)15(17(25)13-4-2-1-3-5-13)10-12-6-8-14(32-27)9-7-12/h1-9,11,25H,10,27H2,(H2,26,30)(H,28,29)/b18-15-,25-17?. The maximum absolute atomic E-state index is 14.2. The summed E-state index contributed by atoms with van der Waals surface area (Å²) in [4.78, 5) is 15.9. The van der Waals surface area contributed by atoms with E-state index < -0.39 is 17.8 Å². The SMILES string of the molecule is N=C(/C(Cc1ccc(SN)cc1)=C(\Nc1nc(C(N)=O)cs1)C(F)(F)F)c1ccccc1. The highest BCUT2D eigenvalue weighted by Crippen LogP contribution is 2.33. The van der Waals surface area contributed by atoms with Crippen molar-refractivity contribution in [3.05, 3.63) is 88.1 Å². The van der Waals surface area contributed by atoms with Crippen LogP contribution in [0.15, 0.2) is 76.1 Å². The Hall–Kier alpha value is -3.15. The minimum Gasteiger partial charge on any atom is -0.364 e. The molecule has 0 fully saturated rings. The molecule has 11 heteroatoms. The summed E-state index contributed by atoms with van der Waals surface area (Å²) in [6.45, 7) is 0. The Balaban J connectivity index is 2.11. The summed E-state index contributed by atoms with van der Waals surface area (Å²) in [5.41, 5.74) is 4.22. The van der Waals surface area contributed by atoms with Gasteiger partial charge in [-0.05, 0) is 35.2 Å². The first-order chi connectivity index (χ1) is 15.2. The second-order valence-corrected chi connectivity index (χ2v) is 8.12. The van der Waals surface area contributed by atoms with E-state index in [9.17, 15) is 18.0 Å². The zero-order chi connectivity index (χ0) is 23.3. The van der Waals surface area contributed by atoms with Gasteiger partial charge in [-0.15, -0.1) is 11.3 Å². The first kappa shape index (κ1) is 23.5. The molecule has 0 saturated heterocycles. The number of nitrogens with zero attached hydrogens (tertiary/aromatic N) is 1. The van der Waals surface area contributed by atoms with Gasteiger partial charge < -0.3 is 11.1 Å². The lowest BCUT2D eigenvalue weighted by molar-refractivity contribution is -0.0908. The third kappa shape index (κ3) is 5.75. The Morgan fingerprint density at radius 3 is 2.31 bits per heavy atom. The van der Waals surface area contributed by atoms with Crippen molar-refractivity contribution in [3.8, 4) is 0 Å². The number of halogens is 3. The highest BCUT2D eigenvalue weighted by Gasteiger charge is 2.38. The first-order valence-electron chi connectivity index (χ1n) is 9.11. The molecule has 0 spiro atoms. The van der Waals surface area contributed by atoms with E-state index in [2.05, 4.69) is 10.3 Å². The molecule has 166 valence electrons. The molecule has 2 aromatic carbocycles. The minimum absolute atomic E-state index is 0.145. The van der Waals surface area contributed by atoms with E-state index in [1.807, 2.05) is 0 Å². The molecule has 0 atom stereocenters. The summed E-state index contributed by atoms with van der Waals surface area (Å²) in [6.07, 6.45) is -4.98. The first-order valence-corrected chi connectivity index (χ1v) is 10.9. The average molecular weight is 478 g/mol. The molecule has 0 aliphatic carbocycles. The number of hydrogen-bond donors (Lipinski definition) is 4. The van der Waals surface area contributed by atoms with Crippen molar-refractivity contribution in [2.75, 3.05) is 5.32 Å². The number of thiazole rings is 1. The monoisotopic (exact) mass is 477 g/mol. The summed E-state index contributed by atoms with van der Waals surface area (Å²) in [6, 6.07) is 14.9. The molecule has 0 aliphatic heterocycles. The van der Waals surface area contributed by atoms with Crippen molar-refractivity contribution < 1.29 is 18.0 Å². The number of rotatable bonds is 8. The largest absolute Gasteiger partial charge is 0.431 e. The summed E-state index contributed by atoms with van der Waals surface area (Å²) in [5.74, 6) is -0.845. The molecule has 6 N–H and O–H groups in total. The number of carbonyl (C=O) groups is 1. The topological polar surface area (TPSA) is 118 Å². The number of benzene rings is 2. The number of aromatic nitrogens is 1. The Morgan fingerprint density at radius 2 is 1.78 bits per heavy atom. The minimum atomic E-state index is -4.82. The van der Waals surface area contributed by atoms with Crippen LogP contribution < -0.4 is 16.2 Å². The summed E-state index contributed by atoms with van der Waals surface area (Å²) in [7, 11) is 0. The van der Waals surface area contributed by atoms with Crippen molar-refractivity contribution in [1.82, 2.24) is 4.98 Å². The predicted molar refractivity (Wildman–Crippen MR) is 121 cm³/mol. The van der Waals surface area contributed by atoms with Crippen molar-refractivity contribution in [1.29, 1.82) is 5.41 Å². The molecule has 32 heavy (non-hydrogen) atoms. The molecule has 0 saturated carbocycles. The zero-order valence-electron chi connectivity index (χ0n) is 16.4. The molecular weight excluding hydrogens is 459 g/mol. The van der Waals surface area contributed by atoms with Gasteiger partial charge in [0.05, 0.1) is 5.71 Å². The fraction of sp³-hybridized carbons (Fsp3) is 0.0952. The second kappa shape index (κ2) is 9.98. The van der Waals surface area contributed by atoms with Gasteiger partial charge in [0.2, 0.25) is 0 Å². The molecule has 0 bridgehead atoms. The van der Waals surface area contributed by atoms with Gasteiger partial charge in [-0.2, -0.15) is 13.2 Å². The van der Waals surface area contributed by atoms with Crippen LogP contribution in [0.3, 0.4) is 0 Å². The van der Waals surface area contributed by atoms with E-state index in [1.165, 1.54) is 5.38 Å². The van der Waals surface area contributed by atoms with E-state index in [-0.39, 0.29) is 28.5 Å². The summed E-state index contributed by atoms with van der Waals surface area (Å²) in [5, 5.41) is 17.5. The van der Waals surface area contributed by atoms with Crippen LogP contribution in [-0.4, -0.2) is 22.8 Å². The van der Waals surface area contributed by atoms with Crippen LogP contribution in [0.2, 0.25) is 0 Å². The van der Waals surface area contributed by atoms with Crippen molar-refractivity contribution >= 4 is 40.0 Å². The van der Waals surface area contributed by atoms with Gasteiger partial charge in [-0.1, -0.05) is 42.5 Å². The highest BCUT2D eigenvalue weighted by atomic mass is 32.2. The molecule has 3 rings (SSSR count). The van der Waals surface area contributed by atoms with Gasteiger partial charge >= 0.3 is 6.18 Å². The smallest absolute Gasteiger partial charge is 0.364 e. The van der Waals surface area contributed by atoms with Gasteiger partial charge in [-0.25, -0.2) is 4.98 Å². The summed E-state index contributed by atoms with van der Waals surface area (Å²) >= 11 is 1.84. The van der Waals surface area contributed by atoms with Crippen molar-refractivity contribution in [3.63, 3.8) is 0 Å². The van der Waals surface area contributed by atoms with E-state index in [0.717, 1.165) is 28.2 Å². The number of allylic oxidation sites excluding steroid dienone is 2. The predicted octanol–water partition coefficient (Wildman–Crippen LogP) is 4.75. The number of amides is 1. The van der Waals surface area contributed by atoms with Gasteiger partial charge in [0.25, 0.3) is 5.91 Å². The van der Waals surface area contributed by atoms with E-state index in [0.29, 0.717) is 11.1 Å². The number of nitrogens with one attached hydrogen (secondary N) is 2. The lowest BCUT2D eigenvalue weighted by atomic mass is 9.94. The van der Waals surface area contributed by atoms with Crippen molar-refractivity contribution in [2.45, 2.75) is 17.5 Å². The Bertz CT molecular complexity index is 1140. The lowest BCUT2D eigenvalue weighted by Crippen LogP contribution is -2.25. The maximum atomic E-state index is 14.2. The molecule has 3 aromatic rings. The molecule has 1 heterocycles. The Kier molecular flexibility index (Phi) is 7.33. The molecule has 0 unspecified atom stereocenters. The Morgan fingerprint density at radius 1 is 1.12 bits per heavy atom. The van der Waals surface area contributed by atoms with Crippen LogP contribution >= 0.6 is 23.3 Å². The van der Waals surface area contributed by atoms with Crippen LogP contribution in [0.25, 0.3) is 0 Å². The quantitative estimate of drug-likeness (QED) is 0.276. The third-order valence-corrected chi connectivity index (χ3v) is 5.68. The van der Waals surface area contributed by atoms with Crippen LogP contribution in [0.4, 0.5) is 18.3 Å². The molecule has 0 aliphatic rings. The number of carbonyl (C=O) groups excluding carboxylic acids is 1. The third-order valence-electron chi connectivity index (χ3n) is 4.38. The maximum Gasteiger partial charge on any atom is 0.431 e. The number of anilines is 1. The fourth-order valence-corrected chi connectivity index (χ4v) is 3.84. The number of primary amides is 1. The van der Waals surface area contributed by atoms with E-state index >= 15 is 0 Å². The number of alkyl halides is 3. The van der Waals surface area contributed by atoms with Gasteiger partial charge in [0.1, 0.15) is 11.4 Å². The molecule has 0 radical (unpaired) electrons.